The molecule has 0 aliphatic carbocycles. The summed E-state index contributed by atoms with van der Waals surface area (Å²) in [6.07, 6.45) is 0.908. The highest BCUT2D eigenvalue weighted by atomic mass is 32.2. The number of nitrogens with one attached hydrogen (secondary N) is 1. The van der Waals surface area contributed by atoms with Crippen molar-refractivity contribution in [3.05, 3.63) is 24.3 Å². The Labute approximate surface area is 120 Å². The molecule has 0 spiro atoms. The van der Waals surface area contributed by atoms with Gasteiger partial charge in [0.1, 0.15) is 5.75 Å². The Kier molecular flexibility index (Phi) is 5.73. The monoisotopic (exact) mass is 281 g/mol. The fraction of sp³-hybridized carbons (Fsp3) is 0.533. The predicted molar refractivity (Wildman–Crippen MR) is 80.8 cm³/mol. The van der Waals surface area contributed by atoms with Crippen molar-refractivity contribution in [2.45, 2.75) is 49.8 Å². The second kappa shape index (κ2) is 6.85. The van der Waals surface area contributed by atoms with E-state index in [-0.39, 0.29) is 16.7 Å². The molecule has 1 atom stereocenters. The van der Waals surface area contributed by atoms with Gasteiger partial charge in [-0.15, -0.1) is 11.8 Å². The van der Waals surface area contributed by atoms with E-state index in [0.717, 1.165) is 17.1 Å². The van der Waals surface area contributed by atoms with Crippen molar-refractivity contribution in [3.8, 4) is 5.75 Å². The summed E-state index contributed by atoms with van der Waals surface area (Å²) >= 11 is 1.52. The molecule has 0 bridgehead atoms. The maximum atomic E-state index is 12.1. The zero-order valence-corrected chi connectivity index (χ0v) is 13.1. The largest absolute Gasteiger partial charge is 0.496 e. The van der Waals surface area contributed by atoms with Crippen LogP contribution in [0.5, 0.6) is 5.75 Å². The molecule has 1 amide bonds. The summed E-state index contributed by atoms with van der Waals surface area (Å²) in [7, 11) is 1.64. The van der Waals surface area contributed by atoms with Crippen molar-refractivity contribution < 1.29 is 9.53 Å². The number of carbonyl (C=O) groups is 1. The van der Waals surface area contributed by atoms with Crippen LogP contribution in [0.3, 0.4) is 0 Å². The molecule has 0 saturated carbocycles. The molecule has 1 unspecified atom stereocenters. The van der Waals surface area contributed by atoms with E-state index >= 15 is 0 Å². The van der Waals surface area contributed by atoms with Crippen molar-refractivity contribution in [3.63, 3.8) is 0 Å². The summed E-state index contributed by atoms with van der Waals surface area (Å²) < 4.78 is 5.30. The van der Waals surface area contributed by atoms with Crippen LogP contribution in [0.4, 0.5) is 0 Å². The summed E-state index contributed by atoms with van der Waals surface area (Å²) in [5, 5.41) is 2.91. The number of amides is 1. The molecule has 3 nitrogen and oxygen atoms in total. The van der Waals surface area contributed by atoms with Crippen LogP contribution in [0.15, 0.2) is 29.2 Å². The molecule has 0 aliphatic heterocycles. The summed E-state index contributed by atoms with van der Waals surface area (Å²) in [5.74, 6) is 0.865. The highest BCUT2D eigenvalue weighted by molar-refractivity contribution is 8.00. The average molecular weight is 281 g/mol. The predicted octanol–water partition coefficient (Wildman–Crippen LogP) is 3.48. The number of carbonyl (C=O) groups excluding carboxylic acids is 1. The first-order valence-electron chi connectivity index (χ1n) is 6.51. The Morgan fingerprint density at radius 1 is 1.42 bits per heavy atom. The summed E-state index contributed by atoms with van der Waals surface area (Å²) in [5.41, 5.74) is -0.160. The molecule has 19 heavy (non-hydrogen) atoms. The van der Waals surface area contributed by atoms with E-state index in [1.165, 1.54) is 11.8 Å². The van der Waals surface area contributed by atoms with Gasteiger partial charge in [-0.3, -0.25) is 4.79 Å². The Morgan fingerprint density at radius 3 is 2.63 bits per heavy atom. The first-order valence-corrected chi connectivity index (χ1v) is 7.39. The van der Waals surface area contributed by atoms with Gasteiger partial charge < -0.3 is 10.1 Å². The van der Waals surface area contributed by atoms with Gasteiger partial charge >= 0.3 is 0 Å². The molecule has 0 heterocycles. The van der Waals surface area contributed by atoms with Crippen LogP contribution in [-0.4, -0.2) is 23.8 Å². The van der Waals surface area contributed by atoms with Gasteiger partial charge in [-0.2, -0.15) is 0 Å². The number of para-hydroxylation sites is 1. The van der Waals surface area contributed by atoms with Gasteiger partial charge in [0.25, 0.3) is 0 Å². The van der Waals surface area contributed by atoms with Crippen molar-refractivity contribution in [1.29, 1.82) is 0 Å². The third kappa shape index (κ3) is 4.78. The standard InChI is InChI=1S/C15H23NO2S/c1-6-15(3,4)16-14(17)11(2)19-13-10-8-7-9-12(13)18-5/h7-11H,6H2,1-5H3,(H,16,17). The van der Waals surface area contributed by atoms with Crippen LogP contribution in [0.1, 0.15) is 34.1 Å². The number of rotatable bonds is 6. The minimum Gasteiger partial charge on any atom is -0.496 e. The molecule has 1 aromatic carbocycles. The maximum absolute atomic E-state index is 12.1. The van der Waals surface area contributed by atoms with Gasteiger partial charge in [0.2, 0.25) is 5.91 Å². The normalized spacial score (nSPS) is 12.9. The lowest BCUT2D eigenvalue weighted by Gasteiger charge is -2.26. The molecular formula is C15H23NO2S. The highest BCUT2D eigenvalue weighted by Crippen LogP contribution is 2.32. The molecule has 0 aliphatic rings. The van der Waals surface area contributed by atoms with E-state index in [1.807, 2.05) is 45.0 Å². The molecule has 0 radical (unpaired) electrons. The van der Waals surface area contributed by atoms with Crippen molar-refractivity contribution >= 4 is 17.7 Å². The molecule has 1 aromatic rings. The van der Waals surface area contributed by atoms with Crippen LogP contribution in [-0.2, 0) is 4.79 Å². The maximum Gasteiger partial charge on any atom is 0.233 e. The first-order chi connectivity index (χ1) is 8.89. The van der Waals surface area contributed by atoms with E-state index < -0.39 is 0 Å². The van der Waals surface area contributed by atoms with Gasteiger partial charge in [0.05, 0.1) is 17.3 Å². The first kappa shape index (κ1) is 15.9. The SMILES string of the molecule is CCC(C)(C)NC(=O)C(C)Sc1ccccc1OC. The Bertz CT molecular complexity index is 432. The number of thioether (sulfide) groups is 1. The molecule has 1 rings (SSSR count). The smallest absolute Gasteiger partial charge is 0.233 e. The number of hydrogen-bond donors (Lipinski definition) is 1. The zero-order valence-electron chi connectivity index (χ0n) is 12.3. The molecule has 106 valence electrons. The van der Waals surface area contributed by atoms with Crippen LogP contribution >= 0.6 is 11.8 Å². The lowest BCUT2D eigenvalue weighted by molar-refractivity contribution is -0.121. The number of ether oxygens (including phenoxy) is 1. The van der Waals surface area contributed by atoms with Crippen LogP contribution < -0.4 is 10.1 Å². The van der Waals surface area contributed by atoms with E-state index in [4.69, 9.17) is 4.74 Å². The van der Waals surface area contributed by atoms with E-state index in [9.17, 15) is 4.79 Å². The second-order valence-corrected chi connectivity index (χ2v) is 6.52. The molecular weight excluding hydrogens is 258 g/mol. The summed E-state index contributed by atoms with van der Waals surface area (Å²) in [4.78, 5) is 13.1. The fourth-order valence-corrected chi connectivity index (χ4v) is 2.46. The summed E-state index contributed by atoms with van der Waals surface area (Å²) in [6, 6.07) is 7.75. The lowest BCUT2D eigenvalue weighted by atomic mass is 10.0. The Hall–Kier alpha value is -1.16. The Morgan fingerprint density at radius 2 is 2.05 bits per heavy atom. The minimum absolute atomic E-state index is 0.0581. The van der Waals surface area contributed by atoms with Crippen molar-refractivity contribution in [2.75, 3.05) is 7.11 Å². The van der Waals surface area contributed by atoms with Crippen molar-refractivity contribution in [1.82, 2.24) is 5.32 Å². The fourth-order valence-electron chi connectivity index (χ4n) is 1.48. The zero-order chi connectivity index (χ0) is 14.5. The minimum atomic E-state index is -0.160. The van der Waals surface area contributed by atoms with Crippen LogP contribution in [0.25, 0.3) is 0 Å². The highest BCUT2D eigenvalue weighted by Gasteiger charge is 2.23. The van der Waals surface area contributed by atoms with Gasteiger partial charge in [0.15, 0.2) is 0 Å². The number of benzene rings is 1. The molecule has 0 saturated heterocycles. The third-order valence-electron chi connectivity index (χ3n) is 3.09. The van der Waals surface area contributed by atoms with E-state index in [1.54, 1.807) is 7.11 Å². The molecule has 1 N–H and O–H groups in total. The molecule has 0 aromatic heterocycles. The molecule has 0 fully saturated rings. The van der Waals surface area contributed by atoms with Crippen LogP contribution in [0.2, 0.25) is 0 Å². The summed E-state index contributed by atoms with van der Waals surface area (Å²) in [6.45, 7) is 8.05. The number of hydrogen-bond acceptors (Lipinski definition) is 3. The van der Waals surface area contributed by atoms with E-state index in [2.05, 4.69) is 12.2 Å². The van der Waals surface area contributed by atoms with E-state index in [0.29, 0.717) is 0 Å². The van der Waals surface area contributed by atoms with Gasteiger partial charge in [-0.1, -0.05) is 19.1 Å². The Balaban J connectivity index is 2.69. The third-order valence-corrected chi connectivity index (χ3v) is 4.25. The quantitative estimate of drug-likeness (QED) is 0.811. The van der Waals surface area contributed by atoms with Gasteiger partial charge in [0, 0.05) is 5.54 Å². The molecule has 4 heteroatoms. The van der Waals surface area contributed by atoms with Crippen LogP contribution in [0, 0.1) is 0 Å². The van der Waals surface area contributed by atoms with Crippen molar-refractivity contribution in [2.24, 2.45) is 0 Å². The number of methoxy groups -OCH3 is 1. The second-order valence-electron chi connectivity index (χ2n) is 5.14. The van der Waals surface area contributed by atoms with Gasteiger partial charge in [-0.05, 0) is 39.3 Å². The topological polar surface area (TPSA) is 38.3 Å². The van der Waals surface area contributed by atoms with Gasteiger partial charge in [-0.25, -0.2) is 0 Å². The average Bonchev–Trinajstić information content (AvgIpc) is 2.38. The lowest BCUT2D eigenvalue weighted by Crippen LogP contribution is -2.46.